The second-order valence-electron chi connectivity index (χ2n) is 6.36. The molecule has 0 spiro atoms. The van der Waals surface area contributed by atoms with E-state index in [4.69, 9.17) is 0 Å². The minimum absolute atomic E-state index is 0.127. The van der Waals surface area contributed by atoms with Crippen molar-refractivity contribution in [3.63, 3.8) is 0 Å². The van der Waals surface area contributed by atoms with Crippen LogP contribution in [0.15, 0.2) is 46.9 Å². The Labute approximate surface area is 170 Å². The van der Waals surface area contributed by atoms with Gasteiger partial charge in [0, 0.05) is 35.6 Å². The largest absolute Gasteiger partial charge is 0.325 e. The van der Waals surface area contributed by atoms with E-state index in [1.54, 1.807) is 16.2 Å². The first-order chi connectivity index (χ1) is 13.7. The maximum absolute atomic E-state index is 12.3. The summed E-state index contributed by atoms with van der Waals surface area (Å²) in [6.45, 7) is 0.727. The summed E-state index contributed by atoms with van der Waals surface area (Å²) < 4.78 is 0. The first-order valence-electron chi connectivity index (χ1n) is 8.94. The van der Waals surface area contributed by atoms with Gasteiger partial charge in [0.15, 0.2) is 0 Å². The number of thioether (sulfide) groups is 1. The van der Waals surface area contributed by atoms with Gasteiger partial charge in [-0.05, 0) is 36.1 Å². The minimum atomic E-state index is -0.139. The van der Waals surface area contributed by atoms with Crippen LogP contribution in [0.5, 0.6) is 0 Å². The van der Waals surface area contributed by atoms with Gasteiger partial charge in [0.2, 0.25) is 17.0 Å². The van der Waals surface area contributed by atoms with Gasteiger partial charge in [0.05, 0.1) is 5.75 Å². The Morgan fingerprint density at radius 3 is 3.04 bits per heavy atom. The molecule has 7 nitrogen and oxygen atoms in total. The van der Waals surface area contributed by atoms with E-state index >= 15 is 0 Å². The maximum atomic E-state index is 12.3. The molecule has 1 aromatic carbocycles. The standard InChI is InChI=1S/C19H19N5O2S2/c25-17(12-28-19-21-16(22-23-19)11-15-6-3-9-27-15)20-13-4-1-5-14(10-13)24-8-2-7-18(24)26/h1,3-6,9-10H,2,7-8,11-12H2,(H,20,25)(H,21,22,23). The summed E-state index contributed by atoms with van der Waals surface area (Å²) in [5, 5.41) is 12.5. The molecule has 3 aromatic rings. The normalized spacial score (nSPS) is 13.9. The second-order valence-corrected chi connectivity index (χ2v) is 8.33. The number of anilines is 2. The average Bonchev–Trinajstić information content (AvgIpc) is 3.43. The van der Waals surface area contributed by atoms with Gasteiger partial charge in [0.25, 0.3) is 0 Å². The molecule has 0 bridgehead atoms. The number of amides is 2. The topological polar surface area (TPSA) is 91.0 Å². The molecule has 144 valence electrons. The molecule has 4 rings (SSSR count). The van der Waals surface area contributed by atoms with Gasteiger partial charge in [0.1, 0.15) is 5.82 Å². The second kappa shape index (κ2) is 8.57. The number of rotatable bonds is 7. The van der Waals surface area contributed by atoms with Crippen molar-refractivity contribution in [1.29, 1.82) is 0 Å². The van der Waals surface area contributed by atoms with Crippen LogP contribution in [0.3, 0.4) is 0 Å². The molecule has 9 heteroatoms. The average molecular weight is 414 g/mol. The number of carbonyl (C=O) groups is 2. The third-order valence-corrected chi connectivity index (χ3v) is 6.00. The molecule has 2 aromatic heterocycles. The van der Waals surface area contributed by atoms with Crippen LogP contribution in [-0.4, -0.2) is 39.3 Å². The van der Waals surface area contributed by atoms with Crippen molar-refractivity contribution in [2.45, 2.75) is 24.4 Å². The molecule has 0 aliphatic carbocycles. The van der Waals surface area contributed by atoms with E-state index in [2.05, 4.69) is 26.6 Å². The monoisotopic (exact) mass is 413 g/mol. The van der Waals surface area contributed by atoms with Crippen molar-refractivity contribution in [1.82, 2.24) is 15.2 Å². The molecule has 0 atom stereocenters. The number of hydrogen-bond acceptors (Lipinski definition) is 6. The quantitative estimate of drug-likeness (QED) is 0.580. The maximum Gasteiger partial charge on any atom is 0.234 e. The van der Waals surface area contributed by atoms with Crippen molar-refractivity contribution in [3.8, 4) is 0 Å². The van der Waals surface area contributed by atoms with E-state index < -0.39 is 0 Å². The van der Waals surface area contributed by atoms with Crippen LogP contribution in [0.1, 0.15) is 23.5 Å². The molecular weight excluding hydrogens is 394 g/mol. The molecular formula is C19H19N5O2S2. The van der Waals surface area contributed by atoms with Gasteiger partial charge < -0.3 is 10.2 Å². The number of H-pyrrole nitrogens is 1. The van der Waals surface area contributed by atoms with Gasteiger partial charge in [-0.1, -0.05) is 23.9 Å². The fourth-order valence-corrected chi connectivity index (χ4v) is 4.33. The van der Waals surface area contributed by atoms with Gasteiger partial charge in [-0.2, -0.15) is 0 Å². The zero-order chi connectivity index (χ0) is 19.3. The van der Waals surface area contributed by atoms with E-state index in [1.165, 1.54) is 16.6 Å². The van der Waals surface area contributed by atoms with Crippen molar-refractivity contribution in [2.24, 2.45) is 0 Å². The predicted molar refractivity (Wildman–Crippen MR) is 111 cm³/mol. The van der Waals surface area contributed by atoms with Crippen LogP contribution < -0.4 is 10.2 Å². The Morgan fingerprint density at radius 2 is 2.25 bits per heavy atom. The number of carbonyl (C=O) groups excluding carboxylic acids is 2. The Bertz CT molecular complexity index is 970. The fraction of sp³-hybridized carbons (Fsp3) is 0.263. The van der Waals surface area contributed by atoms with Crippen molar-refractivity contribution >= 4 is 46.3 Å². The van der Waals surface area contributed by atoms with Gasteiger partial charge in [-0.15, -0.1) is 16.4 Å². The number of benzene rings is 1. The third kappa shape index (κ3) is 4.60. The lowest BCUT2D eigenvalue weighted by Gasteiger charge is -2.16. The van der Waals surface area contributed by atoms with Crippen molar-refractivity contribution in [2.75, 3.05) is 22.5 Å². The number of aromatic amines is 1. The van der Waals surface area contributed by atoms with E-state index in [-0.39, 0.29) is 17.6 Å². The summed E-state index contributed by atoms with van der Waals surface area (Å²) in [4.78, 5) is 31.5. The molecule has 1 fully saturated rings. The Kier molecular flexibility index (Phi) is 5.73. The summed E-state index contributed by atoms with van der Waals surface area (Å²) >= 11 is 2.96. The predicted octanol–water partition coefficient (Wildman–Crippen LogP) is 3.31. The highest BCUT2D eigenvalue weighted by Crippen LogP contribution is 2.24. The number of hydrogen-bond donors (Lipinski definition) is 2. The molecule has 2 N–H and O–H groups in total. The van der Waals surface area contributed by atoms with Crippen LogP contribution in [0.25, 0.3) is 0 Å². The van der Waals surface area contributed by atoms with Crippen LogP contribution in [0.4, 0.5) is 11.4 Å². The third-order valence-electron chi connectivity index (χ3n) is 4.28. The molecule has 0 unspecified atom stereocenters. The van der Waals surface area contributed by atoms with Gasteiger partial charge in [-0.3, -0.25) is 14.7 Å². The number of aromatic nitrogens is 3. The lowest BCUT2D eigenvalue weighted by molar-refractivity contribution is -0.117. The first kappa shape index (κ1) is 18.7. The van der Waals surface area contributed by atoms with E-state index in [9.17, 15) is 9.59 Å². The van der Waals surface area contributed by atoms with Crippen LogP contribution in [0, 0.1) is 0 Å². The summed E-state index contributed by atoms with van der Waals surface area (Å²) in [6, 6.07) is 11.4. The Morgan fingerprint density at radius 1 is 1.32 bits per heavy atom. The molecule has 28 heavy (non-hydrogen) atoms. The molecule has 0 saturated carbocycles. The molecule has 1 aliphatic rings. The smallest absolute Gasteiger partial charge is 0.234 e. The highest BCUT2D eigenvalue weighted by molar-refractivity contribution is 7.99. The summed E-state index contributed by atoms with van der Waals surface area (Å²) in [7, 11) is 0. The molecule has 2 amide bonds. The van der Waals surface area contributed by atoms with Gasteiger partial charge >= 0.3 is 0 Å². The lowest BCUT2D eigenvalue weighted by atomic mass is 10.2. The molecule has 1 saturated heterocycles. The number of thiophene rings is 1. The zero-order valence-electron chi connectivity index (χ0n) is 15.1. The highest BCUT2D eigenvalue weighted by atomic mass is 32.2. The summed E-state index contributed by atoms with van der Waals surface area (Å²) in [6.07, 6.45) is 2.16. The Balaban J connectivity index is 1.30. The minimum Gasteiger partial charge on any atom is -0.325 e. The van der Waals surface area contributed by atoms with Crippen molar-refractivity contribution in [3.05, 3.63) is 52.5 Å². The van der Waals surface area contributed by atoms with E-state index in [1.807, 2.05) is 35.7 Å². The zero-order valence-corrected chi connectivity index (χ0v) is 16.7. The van der Waals surface area contributed by atoms with Gasteiger partial charge in [-0.25, -0.2) is 4.98 Å². The number of nitrogens with one attached hydrogen (secondary N) is 2. The van der Waals surface area contributed by atoms with Crippen LogP contribution in [-0.2, 0) is 16.0 Å². The van der Waals surface area contributed by atoms with Crippen LogP contribution in [0.2, 0.25) is 0 Å². The fourth-order valence-electron chi connectivity index (χ4n) is 3.00. The van der Waals surface area contributed by atoms with E-state index in [0.29, 0.717) is 23.7 Å². The summed E-state index contributed by atoms with van der Waals surface area (Å²) in [5.41, 5.74) is 1.50. The first-order valence-corrected chi connectivity index (χ1v) is 10.8. The number of nitrogens with zero attached hydrogens (tertiary/aromatic N) is 3. The van der Waals surface area contributed by atoms with Crippen LogP contribution >= 0.6 is 23.1 Å². The summed E-state index contributed by atoms with van der Waals surface area (Å²) in [5.74, 6) is 0.984. The Hall–Kier alpha value is -2.65. The SMILES string of the molecule is O=C(CSc1n[nH]c(Cc2cccs2)n1)Nc1cccc(N2CCCC2=O)c1. The lowest BCUT2D eigenvalue weighted by Crippen LogP contribution is -2.23. The van der Waals surface area contributed by atoms with Crippen molar-refractivity contribution < 1.29 is 9.59 Å². The molecule has 1 aliphatic heterocycles. The molecule has 3 heterocycles. The highest BCUT2D eigenvalue weighted by Gasteiger charge is 2.21. The van der Waals surface area contributed by atoms with E-state index in [0.717, 1.165) is 24.5 Å². The molecule has 0 radical (unpaired) electrons.